The smallest absolute Gasteiger partial charge is 0.253 e. The van der Waals surface area contributed by atoms with Crippen molar-refractivity contribution in [1.82, 2.24) is 15.1 Å². The molecule has 0 aromatic heterocycles. The maximum Gasteiger partial charge on any atom is 0.253 e. The van der Waals surface area contributed by atoms with Crippen molar-refractivity contribution in [3.63, 3.8) is 0 Å². The van der Waals surface area contributed by atoms with Crippen LogP contribution in [0.15, 0.2) is 30.4 Å². The molecule has 1 aromatic carbocycles. The first-order valence-corrected chi connectivity index (χ1v) is 10.7. The summed E-state index contributed by atoms with van der Waals surface area (Å²) in [5.74, 6) is 1.48. The van der Waals surface area contributed by atoms with Crippen molar-refractivity contribution in [2.24, 2.45) is 5.92 Å². The standard InChI is InChI=1S/C23H31N3O3/c1-3-4-11-26-15-19(17-9-10-24-21(17)23(26)28)18-14-16(7-8-20(18)29-2)22(27)25-12-5-6-13-25/h3-4,7-8,14,17,19,21,24H,5-6,9-13,15H2,1-2H3/b4-3+. The Hall–Kier alpha value is -2.34. The lowest BCUT2D eigenvalue weighted by molar-refractivity contribution is -0.137. The molecule has 6 heteroatoms. The fourth-order valence-electron chi connectivity index (χ4n) is 5.07. The van der Waals surface area contributed by atoms with Gasteiger partial charge in [-0.05, 0) is 56.8 Å². The van der Waals surface area contributed by atoms with E-state index in [1.807, 2.05) is 47.1 Å². The summed E-state index contributed by atoms with van der Waals surface area (Å²) in [5.41, 5.74) is 1.77. The van der Waals surface area contributed by atoms with E-state index in [0.29, 0.717) is 13.1 Å². The molecule has 0 saturated carbocycles. The monoisotopic (exact) mass is 397 g/mol. The highest BCUT2D eigenvalue weighted by Crippen LogP contribution is 2.41. The third-order valence-electron chi connectivity index (χ3n) is 6.61. The van der Waals surface area contributed by atoms with Crippen molar-refractivity contribution >= 4 is 11.8 Å². The number of amides is 2. The molecule has 3 aliphatic rings. The van der Waals surface area contributed by atoms with E-state index in [-0.39, 0.29) is 29.7 Å². The number of nitrogens with one attached hydrogen (secondary N) is 1. The fraction of sp³-hybridized carbons (Fsp3) is 0.565. The lowest BCUT2D eigenvalue weighted by Gasteiger charge is -2.40. The van der Waals surface area contributed by atoms with E-state index >= 15 is 0 Å². The number of benzene rings is 1. The highest BCUT2D eigenvalue weighted by molar-refractivity contribution is 5.95. The predicted octanol–water partition coefficient (Wildman–Crippen LogP) is 2.41. The molecule has 0 spiro atoms. The molecular weight excluding hydrogens is 366 g/mol. The summed E-state index contributed by atoms with van der Waals surface area (Å²) in [6, 6.07) is 5.66. The Morgan fingerprint density at radius 2 is 2.10 bits per heavy atom. The molecule has 2 amide bonds. The van der Waals surface area contributed by atoms with Crippen molar-refractivity contribution in [3.05, 3.63) is 41.5 Å². The van der Waals surface area contributed by atoms with Crippen LogP contribution in [0.1, 0.15) is 48.0 Å². The number of hydrogen-bond acceptors (Lipinski definition) is 4. The van der Waals surface area contributed by atoms with E-state index in [1.165, 1.54) is 0 Å². The molecule has 156 valence electrons. The normalized spacial score (nSPS) is 27.0. The first-order valence-electron chi connectivity index (χ1n) is 10.7. The van der Waals surface area contributed by atoms with Gasteiger partial charge in [-0.25, -0.2) is 0 Å². The summed E-state index contributed by atoms with van der Waals surface area (Å²) in [6.07, 6.45) is 7.12. The highest BCUT2D eigenvalue weighted by atomic mass is 16.5. The van der Waals surface area contributed by atoms with Crippen molar-refractivity contribution < 1.29 is 14.3 Å². The topological polar surface area (TPSA) is 61.9 Å². The Morgan fingerprint density at radius 3 is 2.83 bits per heavy atom. The van der Waals surface area contributed by atoms with E-state index in [2.05, 4.69) is 5.32 Å². The zero-order valence-electron chi connectivity index (χ0n) is 17.4. The number of piperidine rings is 1. The second-order valence-electron chi connectivity index (χ2n) is 8.26. The molecular formula is C23H31N3O3. The maximum absolute atomic E-state index is 13.0. The van der Waals surface area contributed by atoms with Crippen LogP contribution >= 0.6 is 0 Å². The van der Waals surface area contributed by atoms with E-state index in [9.17, 15) is 9.59 Å². The Kier molecular flexibility index (Phi) is 5.90. The van der Waals surface area contributed by atoms with E-state index in [4.69, 9.17) is 4.74 Å². The summed E-state index contributed by atoms with van der Waals surface area (Å²) in [4.78, 5) is 29.8. The molecule has 6 nitrogen and oxygen atoms in total. The maximum atomic E-state index is 13.0. The fourth-order valence-corrected chi connectivity index (χ4v) is 5.07. The van der Waals surface area contributed by atoms with Gasteiger partial charge in [-0.2, -0.15) is 0 Å². The van der Waals surface area contributed by atoms with Gasteiger partial charge in [0.25, 0.3) is 5.91 Å². The number of fused-ring (bicyclic) bond motifs is 1. The second-order valence-corrected chi connectivity index (χ2v) is 8.26. The van der Waals surface area contributed by atoms with E-state index in [0.717, 1.165) is 55.8 Å². The van der Waals surface area contributed by atoms with Gasteiger partial charge in [0.15, 0.2) is 0 Å². The molecule has 0 radical (unpaired) electrons. The van der Waals surface area contributed by atoms with Crippen LogP contribution in [-0.2, 0) is 4.79 Å². The minimum absolute atomic E-state index is 0.102. The van der Waals surface area contributed by atoms with Gasteiger partial charge in [0.2, 0.25) is 5.91 Å². The molecule has 3 heterocycles. The number of likely N-dealkylation sites (tertiary alicyclic amines) is 2. The molecule has 4 rings (SSSR count). The van der Waals surface area contributed by atoms with Gasteiger partial charge in [-0.15, -0.1) is 0 Å². The molecule has 29 heavy (non-hydrogen) atoms. The second kappa shape index (κ2) is 8.57. The molecule has 1 N–H and O–H groups in total. The lowest BCUT2D eigenvalue weighted by atomic mass is 9.77. The Labute approximate surface area is 172 Å². The van der Waals surface area contributed by atoms with Gasteiger partial charge >= 0.3 is 0 Å². The van der Waals surface area contributed by atoms with Crippen LogP contribution in [0, 0.1) is 5.92 Å². The van der Waals surface area contributed by atoms with Crippen LogP contribution in [-0.4, -0.2) is 67.5 Å². The van der Waals surface area contributed by atoms with Crippen LogP contribution < -0.4 is 10.1 Å². The molecule has 1 aromatic rings. The minimum atomic E-state index is -0.151. The lowest BCUT2D eigenvalue weighted by Crippen LogP contribution is -2.54. The third-order valence-corrected chi connectivity index (χ3v) is 6.61. The largest absolute Gasteiger partial charge is 0.496 e. The van der Waals surface area contributed by atoms with Gasteiger partial charge in [0.1, 0.15) is 5.75 Å². The summed E-state index contributed by atoms with van der Waals surface area (Å²) in [5, 5.41) is 3.40. The van der Waals surface area contributed by atoms with Crippen LogP contribution in [0.25, 0.3) is 0 Å². The number of carbonyl (C=O) groups is 2. The summed E-state index contributed by atoms with van der Waals surface area (Å²) in [7, 11) is 1.68. The quantitative estimate of drug-likeness (QED) is 0.775. The van der Waals surface area contributed by atoms with Crippen LogP contribution in [0.4, 0.5) is 0 Å². The van der Waals surface area contributed by atoms with E-state index < -0.39 is 0 Å². The Bertz CT molecular complexity index is 801. The van der Waals surface area contributed by atoms with Gasteiger partial charge < -0.3 is 19.9 Å². The number of allylic oxidation sites excluding steroid dienone is 1. The summed E-state index contributed by atoms with van der Waals surface area (Å²) >= 11 is 0. The van der Waals surface area contributed by atoms with Crippen LogP contribution in [0.5, 0.6) is 5.75 Å². The number of hydrogen-bond donors (Lipinski definition) is 1. The average molecular weight is 398 g/mol. The predicted molar refractivity (Wildman–Crippen MR) is 112 cm³/mol. The molecule has 0 bridgehead atoms. The first kappa shape index (κ1) is 20.0. The number of carbonyl (C=O) groups excluding carboxylic acids is 2. The molecule has 3 atom stereocenters. The highest BCUT2D eigenvalue weighted by Gasteiger charge is 2.46. The zero-order valence-corrected chi connectivity index (χ0v) is 17.4. The summed E-state index contributed by atoms with van der Waals surface area (Å²) < 4.78 is 5.69. The minimum Gasteiger partial charge on any atom is -0.496 e. The molecule has 0 aliphatic carbocycles. The SMILES string of the molecule is C/C=C/CN1CC(c2cc(C(=O)N3CCCC3)ccc2OC)C2CCNC2C1=O. The Morgan fingerprint density at radius 1 is 1.31 bits per heavy atom. The van der Waals surface area contributed by atoms with Gasteiger partial charge in [-0.3, -0.25) is 9.59 Å². The number of rotatable bonds is 5. The Balaban J connectivity index is 1.68. The third kappa shape index (κ3) is 3.78. The molecule has 3 unspecified atom stereocenters. The number of nitrogens with zero attached hydrogens (tertiary/aromatic N) is 2. The van der Waals surface area contributed by atoms with Crippen molar-refractivity contribution in [2.45, 2.75) is 38.1 Å². The van der Waals surface area contributed by atoms with Gasteiger partial charge in [0, 0.05) is 43.2 Å². The van der Waals surface area contributed by atoms with Crippen molar-refractivity contribution in [3.8, 4) is 5.75 Å². The zero-order chi connectivity index (χ0) is 20.4. The van der Waals surface area contributed by atoms with Crippen LogP contribution in [0.3, 0.4) is 0 Å². The van der Waals surface area contributed by atoms with Crippen molar-refractivity contribution in [1.29, 1.82) is 0 Å². The van der Waals surface area contributed by atoms with Crippen LogP contribution in [0.2, 0.25) is 0 Å². The molecule has 3 fully saturated rings. The van der Waals surface area contributed by atoms with Gasteiger partial charge in [0.05, 0.1) is 13.2 Å². The number of methoxy groups -OCH3 is 1. The molecule has 3 saturated heterocycles. The van der Waals surface area contributed by atoms with Crippen molar-refractivity contribution in [2.75, 3.05) is 39.8 Å². The first-order chi connectivity index (χ1) is 14.1. The van der Waals surface area contributed by atoms with Gasteiger partial charge in [-0.1, -0.05) is 12.2 Å². The summed E-state index contributed by atoms with van der Waals surface area (Å²) in [6.45, 7) is 5.77. The average Bonchev–Trinajstić information content (AvgIpc) is 3.45. The number of ether oxygens (including phenoxy) is 1. The van der Waals surface area contributed by atoms with E-state index in [1.54, 1.807) is 7.11 Å². The molecule has 3 aliphatic heterocycles.